The summed E-state index contributed by atoms with van der Waals surface area (Å²) in [6.45, 7) is 0.348. The second kappa shape index (κ2) is 5.67. The van der Waals surface area contributed by atoms with Crippen LogP contribution in [0, 0.1) is 5.82 Å². The molecule has 1 saturated heterocycles. The van der Waals surface area contributed by atoms with E-state index in [9.17, 15) is 17.6 Å². The molecule has 2 rings (SSSR count). The molecular formula is C12H14ClFN2O3S. The summed E-state index contributed by atoms with van der Waals surface area (Å²) >= 11 is 5.64. The van der Waals surface area contributed by atoms with Crippen molar-refractivity contribution in [3.05, 3.63) is 34.6 Å². The third kappa shape index (κ3) is 3.11. The van der Waals surface area contributed by atoms with Crippen molar-refractivity contribution in [2.24, 2.45) is 5.14 Å². The van der Waals surface area contributed by atoms with Gasteiger partial charge in [0.05, 0.1) is 15.8 Å². The predicted octanol–water partition coefficient (Wildman–Crippen LogP) is 1.37. The zero-order valence-corrected chi connectivity index (χ0v) is 12.1. The summed E-state index contributed by atoms with van der Waals surface area (Å²) in [6.07, 6.45) is 0.912. The Morgan fingerprint density at radius 1 is 1.45 bits per heavy atom. The largest absolute Gasteiger partial charge is 0.337 e. The average Bonchev–Trinajstić information content (AvgIpc) is 2.40. The molecule has 1 unspecified atom stereocenters. The molecule has 1 atom stereocenters. The third-order valence-corrected chi connectivity index (χ3v) is 4.92. The van der Waals surface area contributed by atoms with Gasteiger partial charge in [0.25, 0.3) is 5.91 Å². The van der Waals surface area contributed by atoms with Crippen LogP contribution in [-0.2, 0) is 10.0 Å². The Kier molecular flexibility index (Phi) is 4.31. The molecule has 1 aromatic carbocycles. The lowest BCUT2D eigenvalue weighted by atomic mass is 10.1. The number of carbonyl (C=O) groups is 1. The number of hydrogen-bond acceptors (Lipinski definition) is 3. The molecule has 1 aromatic rings. The fourth-order valence-corrected chi connectivity index (χ4v) is 3.29. The fraction of sp³-hybridized carbons (Fsp3) is 0.417. The Labute approximate surface area is 121 Å². The van der Waals surface area contributed by atoms with Crippen LogP contribution in [0.5, 0.6) is 0 Å². The van der Waals surface area contributed by atoms with Crippen LogP contribution in [-0.4, -0.2) is 37.6 Å². The first-order valence-electron chi connectivity index (χ1n) is 6.05. The molecule has 8 heteroatoms. The van der Waals surface area contributed by atoms with E-state index in [1.165, 1.54) is 23.1 Å². The van der Waals surface area contributed by atoms with Crippen LogP contribution >= 0.6 is 11.6 Å². The number of sulfonamides is 1. The van der Waals surface area contributed by atoms with Gasteiger partial charge in [-0.1, -0.05) is 17.7 Å². The minimum atomic E-state index is -3.71. The molecule has 0 saturated carbocycles. The lowest BCUT2D eigenvalue weighted by Crippen LogP contribution is -2.47. The van der Waals surface area contributed by atoms with Gasteiger partial charge >= 0.3 is 0 Å². The van der Waals surface area contributed by atoms with Gasteiger partial charge in [-0.3, -0.25) is 4.79 Å². The van der Waals surface area contributed by atoms with E-state index < -0.39 is 27.0 Å². The van der Waals surface area contributed by atoms with E-state index in [1.54, 1.807) is 0 Å². The number of halogens is 2. The molecule has 20 heavy (non-hydrogen) atoms. The van der Waals surface area contributed by atoms with Gasteiger partial charge in [0.2, 0.25) is 10.0 Å². The number of rotatable bonds is 2. The number of nitrogens with two attached hydrogens (primary N) is 1. The smallest absolute Gasteiger partial charge is 0.256 e. The van der Waals surface area contributed by atoms with E-state index in [-0.39, 0.29) is 17.1 Å². The van der Waals surface area contributed by atoms with Crippen molar-refractivity contribution in [1.82, 2.24) is 4.90 Å². The summed E-state index contributed by atoms with van der Waals surface area (Å²) in [4.78, 5) is 13.5. The Balaban J connectivity index is 2.23. The van der Waals surface area contributed by atoms with Crippen molar-refractivity contribution in [2.75, 3.05) is 13.1 Å². The zero-order chi connectivity index (χ0) is 14.9. The molecule has 5 nitrogen and oxygen atoms in total. The van der Waals surface area contributed by atoms with Crippen LogP contribution < -0.4 is 5.14 Å². The highest BCUT2D eigenvalue weighted by molar-refractivity contribution is 7.89. The lowest BCUT2D eigenvalue weighted by Gasteiger charge is -2.31. The van der Waals surface area contributed by atoms with E-state index in [1.807, 2.05) is 0 Å². The van der Waals surface area contributed by atoms with Crippen molar-refractivity contribution >= 4 is 27.5 Å². The van der Waals surface area contributed by atoms with Gasteiger partial charge in [0.15, 0.2) is 5.82 Å². The SMILES string of the molecule is NS(=O)(=O)C1CCCN(C(=O)c2cccc(Cl)c2F)C1. The van der Waals surface area contributed by atoms with Crippen LogP contribution in [0.3, 0.4) is 0 Å². The van der Waals surface area contributed by atoms with Crippen molar-refractivity contribution < 1.29 is 17.6 Å². The maximum atomic E-state index is 13.8. The van der Waals surface area contributed by atoms with Crippen LogP contribution in [0.15, 0.2) is 18.2 Å². The standard InChI is InChI=1S/C12H14ClFN2O3S/c13-10-5-1-4-9(11(10)14)12(17)16-6-2-3-8(7-16)20(15,18)19/h1,4-5,8H,2-3,6-7H2,(H2,15,18,19). The molecule has 1 amide bonds. The van der Waals surface area contributed by atoms with Gasteiger partial charge in [-0.25, -0.2) is 17.9 Å². The Morgan fingerprint density at radius 2 is 2.15 bits per heavy atom. The van der Waals surface area contributed by atoms with Crippen molar-refractivity contribution in [3.8, 4) is 0 Å². The topological polar surface area (TPSA) is 80.5 Å². The summed E-state index contributed by atoms with van der Waals surface area (Å²) in [6, 6.07) is 4.14. The van der Waals surface area contributed by atoms with E-state index >= 15 is 0 Å². The molecular weight excluding hydrogens is 307 g/mol. The van der Waals surface area contributed by atoms with Crippen LogP contribution in [0.2, 0.25) is 5.02 Å². The number of primary sulfonamides is 1. The number of piperidine rings is 1. The summed E-state index contributed by atoms with van der Waals surface area (Å²) in [5.41, 5.74) is -0.160. The molecule has 1 aliphatic heterocycles. The van der Waals surface area contributed by atoms with Crippen LogP contribution in [0.4, 0.5) is 4.39 Å². The minimum absolute atomic E-state index is 0.0242. The quantitative estimate of drug-likeness (QED) is 0.893. The Bertz CT molecular complexity index is 636. The average molecular weight is 321 g/mol. The second-order valence-electron chi connectivity index (χ2n) is 4.71. The summed E-state index contributed by atoms with van der Waals surface area (Å²) in [5.74, 6) is -1.37. The van der Waals surface area contributed by atoms with E-state index in [0.29, 0.717) is 19.4 Å². The second-order valence-corrected chi connectivity index (χ2v) is 6.96. The molecule has 0 aliphatic carbocycles. The normalized spacial score (nSPS) is 19.9. The fourth-order valence-electron chi connectivity index (χ4n) is 2.23. The summed E-state index contributed by atoms with van der Waals surface area (Å²) in [5, 5.41) is 4.16. The highest BCUT2D eigenvalue weighted by Gasteiger charge is 2.31. The molecule has 0 aromatic heterocycles. The van der Waals surface area contributed by atoms with Crippen molar-refractivity contribution in [2.45, 2.75) is 18.1 Å². The van der Waals surface area contributed by atoms with Gasteiger partial charge in [0.1, 0.15) is 0 Å². The highest BCUT2D eigenvalue weighted by atomic mass is 35.5. The van der Waals surface area contributed by atoms with Gasteiger partial charge in [0, 0.05) is 13.1 Å². The number of benzene rings is 1. The lowest BCUT2D eigenvalue weighted by molar-refractivity contribution is 0.0722. The van der Waals surface area contributed by atoms with Gasteiger partial charge in [-0.2, -0.15) is 0 Å². The number of nitrogens with zero attached hydrogens (tertiary/aromatic N) is 1. The molecule has 0 bridgehead atoms. The minimum Gasteiger partial charge on any atom is -0.337 e. The van der Waals surface area contributed by atoms with Crippen molar-refractivity contribution in [1.29, 1.82) is 0 Å². The van der Waals surface area contributed by atoms with E-state index in [4.69, 9.17) is 16.7 Å². The van der Waals surface area contributed by atoms with Crippen molar-refractivity contribution in [3.63, 3.8) is 0 Å². The third-order valence-electron chi connectivity index (χ3n) is 3.31. The van der Waals surface area contributed by atoms with Gasteiger partial charge in [-0.15, -0.1) is 0 Å². The summed E-state index contributed by atoms with van der Waals surface area (Å²) < 4.78 is 36.5. The first kappa shape index (κ1) is 15.2. The Morgan fingerprint density at radius 3 is 2.80 bits per heavy atom. The molecule has 2 N–H and O–H groups in total. The number of likely N-dealkylation sites (tertiary alicyclic amines) is 1. The summed E-state index contributed by atoms with van der Waals surface area (Å²) in [7, 11) is -3.71. The van der Waals surface area contributed by atoms with Crippen LogP contribution in [0.25, 0.3) is 0 Å². The highest BCUT2D eigenvalue weighted by Crippen LogP contribution is 2.22. The van der Waals surface area contributed by atoms with E-state index in [0.717, 1.165) is 0 Å². The number of hydrogen-bond donors (Lipinski definition) is 1. The van der Waals surface area contributed by atoms with Gasteiger partial charge in [-0.05, 0) is 25.0 Å². The molecule has 110 valence electrons. The monoisotopic (exact) mass is 320 g/mol. The maximum Gasteiger partial charge on any atom is 0.256 e. The molecule has 0 spiro atoms. The predicted molar refractivity (Wildman–Crippen MR) is 73.4 cm³/mol. The number of carbonyl (C=O) groups excluding carboxylic acids is 1. The van der Waals surface area contributed by atoms with E-state index in [2.05, 4.69) is 0 Å². The first-order chi connectivity index (χ1) is 9.30. The molecule has 1 fully saturated rings. The maximum absolute atomic E-state index is 13.8. The van der Waals surface area contributed by atoms with Gasteiger partial charge < -0.3 is 4.90 Å². The first-order valence-corrected chi connectivity index (χ1v) is 8.04. The molecule has 0 radical (unpaired) electrons. The van der Waals surface area contributed by atoms with Crippen LogP contribution in [0.1, 0.15) is 23.2 Å². The molecule has 1 heterocycles. The Hall–Kier alpha value is -1.18. The zero-order valence-electron chi connectivity index (χ0n) is 10.6. The number of amides is 1. The molecule has 1 aliphatic rings.